The topological polar surface area (TPSA) is 34.1 Å². The third-order valence-electron chi connectivity index (χ3n) is 4.07. The minimum absolute atomic E-state index is 0.273. The zero-order valence-electron chi connectivity index (χ0n) is 20.6. The highest BCUT2D eigenvalue weighted by molar-refractivity contribution is 5.52. The molecule has 0 N–H and O–H groups in total. The largest absolute Gasteiger partial charge is 0.303 e. The SMILES string of the molecule is CC=CCCC.CCCCC(C)C=O.CCCCCC.CCCCCCC=O. The van der Waals surface area contributed by atoms with Crippen molar-refractivity contribution in [2.45, 2.75) is 138 Å². The van der Waals surface area contributed by atoms with Crippen LogP contribution in [-0.2, 0) is 9.59 Å². The zero-order chi connectivity index (χ0) is 22.3. The van der Waals surface area contributed by atoms with E-state index in [1.807, 2.05) is 6.92 Å². The predicted octanol–water partition coefficient (Wildman–Crippen LogP) is 9.12. The highest BCUT2D eigenvalue weighted by Gasteiger charge is 1.95. The molecule has 1 unspecified atom stereocenters. The number of carbonyl (C=O) groups excluding carboxylic acids is 2. The Hall–Kier alpha value is -0.920. The first-order chi connectivity index (χ1) is 13.6. The minimum atomic E-state index is 0.273. The second-order valence-electron chi connectivity index (χ2n) is 7.34. The molecule has 0 amide bonds. The van der Waals surface area contributed by atoms with Crippen LogP contribution in [0.4, 0.5) is 0 Å². The van der Waals surface area contributed by atoms with E-state index < -0.39 is 0 Å². The molecule has 0 aromatic rings. The molecule has 0 heterocycles. The Balaban J connectivity index is -0.000000139. The quantitative estimate of drug-likeness (QED) is 0.166. The van der Waals surface area contributed by atoms with Gasteiger partial charge in [-0.15, -0.1) is 0 Å². The average Bonchev–Trinajstić information content (AvgIpc) is 2.73. The molecule has 1 atom stereocenters. The summed E-state index contributed by atoms with van der Waals surface area (Å²) in [4.78, 5) is 19.8. The molecule has 2 nitrogen and oxygen atoms in total. The maximum atomic E-state index is 10.0. The molecule has 0 aliphatic carbocycles. The van der Waals surface area contributed by atoms with E-state index in [1.165, 1.54) is 70.6 Å². The van der Waals surface area contributed by atoms with Gasteiger partial charge in [-0.25, -0.2) is 0 Å². The molecule has 0 spiro atoms. The molecule has 0 fully saturated rings. The summed E-state index contributed by atoms with van der Waals surface area (Å²) in [5.41, 5.74) is 0. The van der Waals surface area contributed by atoms with Gasteiger partial charge >= 0.3 is 0 Å². The summed E-state index contributed by atoms with van der Waals surface area (Å²) in [6.07, 6.45) is 23.3. The Morgan fingerprint density at radius 1 is 0.643 bits per heavy atom. The lowest BCUT2D eigenvalue weighted by molar-refractivity contribution is -0.111. The van der Waals surface area contributed by atoms with Crippen LogP contribution in [0.25, 0.3) is 0 Å². The van der Waals surface area contributed by atoms with Gasteiger partial charge in [-0.1, -0.05) is 118 Å². The molecule has 0 saturated heterocycles. The van der Waals surface area contributed by atoms with Crippen LogP contribution < -0.4 is 0 Å². The van der Waals surface area contributed by atoms with E-state index in [-0.39, 0.29) is 5.92 Å². The maximum absolute atomic E-state index is 10.0. The Labute approximate surface area is 179 Å². The van der Waals surface area contributed by atoms with Crippen molar-refractivity contribution in [3.05, 3.63) is 12.2 Å². The molecule has 28 heavy (non-hydrogen) atoms. The van der Waals surface area contributed by atoms with E-state index >= 15 is 0 Å². The molecular formula is C26H54O2. The molecule has 0 rings (SSSR count). The van der Waals surface area contributed by atoms with Gasteiger partial charge in [-0.05, 0) is 26.2 Å². The summed E-state index contributed by atoms with van der Waals surface area (Å²) in [6, 6.07) is 0. The third-order valence-corrected chi connectivity index (χ3v) is 4.07. The van der Waals surface area contributed by atoms with Gasteiger partial charge in [0.2, 0.25) is 0 Å². The normalized spacial score (nSPS) is 10.5. The van der Waals surface area contributed by atoms with E-state index in [2.05, 4.69) is 53.7 Å². The molecule has 0 aliphatic heterocycles. The van der Waals surface area contributed by atoms with E-state index in [0.29, 0.717) is 0 Å². The molecule has 0 aromatic carbocycles. The number of aldehydes is 2. The molecule has 0 aromatic heterocycles. The fraction of sp³-hybridized carbons (Fsp3) is 0.846. The van der Waals surface area contributed by atoms with Gasteiger partial charge < -0.3 is 9.59 Å². The van der Waals surface area contributed by atoms with E-state index in [9.17, 15) is 9.59 Å². The second-order valence-corrected chi connectivity index (χ2v) is 7.34. The lowest BCUT2D eigenvalue weighted by atomic mass is 10.1. The van der Waals surface area contributed by atoms with Crippen LogP contribution in [0.15, 0.2) is 12.2 Å². The fourth-order valence-corrected chi connectivity index (χ4v) is 2.08. The van der Waals surface area contributed by atoms with Gasteiger partial charge in [0, 0.05) is 12.3 Å². The number of hydrogen-bond donors (Lipinski definition) is 0. The van der Waals surface area contributed by atoms with Crippen molar-refractivity contribution in [2.24, 2.45) is 5.92 Å². The molecular weight excluding hydrogens is 344 g/mol. The highest BCUT2D eigenvalue weighted by atomic mass is 16.1. The Morgan fingerprint density at radius 3 is 1.46 bits per heavy atom. The van der Waals surface area contributed by atoms with Crippen LogP contribution in [0.1, 0.15) is 138 Å². The van der Waals surface area contributed by atoms with Crippen molar-refractivity contribution in [1.82, 2.24) is 0 Å². The summed E-state index contributed by atoms with van der Waals surface area (Å²) >= 11 is 0. The van der Waals surface area contributed by atoms with Gasteiger partial charge in [0.05, 0.1) is 0 Å². The fourth-order valence-electron chi connectivity index (χ4n) is 2.08. The number of unbranched alkanes of at least 4 members (excludes halogenated alkanes) is 9. The number of hydrogen-bond acceptors (Lipinski definition) is 2. The summed E-state index contributed by atoms with van der Waals surface area (Å²) in [6.45, 7) is 15.0. The van der Waals surface area contributed by atoms with Crippen molar-refractivity contribution in [2.75, 3.05) is 0 Å². The van der Waals surface area contributed by atoms with Crippen LogP contribution in [0.5, 0.6) is 0 Å². The standard InChI is InChI=1S/2C7H14O.C6H14.C6H12/c1-3-4-5-7(2)6-8;1-2-3-4-5-6-7-8;2*1-3-5-6-4-2/h6-7H,3-5H2,1-2H3;7H,2-6H2,1H3;3-6H2,1-2H3;3,5H,4,6H2,1-2H3. The van der Waals surface area contributed by atoms with Gasteiger partial charge in [-0.2, -0.15) is 0 Å². The van der Waals surface area contributed by atoms with Crippen molar-refractivity contribution in [3.8, 4) is 0 Å². The van der Waals surface area contributed by atoms with Crippen LogP contribution in [0, 0.1) is 5.92 Å². The van der Waals surface area contributed by atoms with Gasteiger partial charge in [0.25, 0.3) is 0 Å². The highest BCUT2D eigenvalue weighted by Crippen LogP contribution is 2.03. The molecule has 0 aliphatic rings. The first kappa shape index (κ1) is 34.6. The Kier molecular flexibility index (Phi) is 50.2. The maximum Gasteiger partial charge on any atom is 0.122 e. The van der Waals surface area contributed by atoms with Crippen LogP contribution in [0.3, 0.4) is 0 Å². The predicted molar refractivity (Wildman–Crippen MR) is 129 cm³/mol. The Morgan fingerprint density at radius 2 is 1.14 bits per heavy atom. The lowest BCUT2D eigenvalue weighted by Crippen LogP contribution is -1.93. The lowest BCUT2D eigenvalue weighted by Gasteiger charge is -1.97. The average molecular weight is 399 g/mol. The third kappa shape index (κ3) is 56.2. The second kappa shape index (κ2) is 40.7. The number of allylic oxidation sites excluding steroid dienone is 2. The molecule has 2 heteroatoms. The smallest absolute Gasteiger partial charge is 0.122 e. The molecule has 170 valence electrons. The minimum Gasteiger partial charge on any atom is -0.303 e. The summed E-state index contributed by atoms with van der Waals surface area (Å²) in [7, 11) is 0. The molecule has 0 radical (unpaired) electrons. The van der Waals surface area contributed by atoms with E-state index in [4.69, 9.17) is 0 Å². The Bertz CT molecular complexity index is 268. The van der Waals surface area contributed by atoms with E-state index in [1.54, 1.807) is 0 Å². The van der Waals surface area contributed by atoms with Crippen LogP contribution in [-0.4, -0.2) is 12.6 Å². The summed E-state index contributed by atoms with van der Waals surface area (Å²) in [5, 5.41) is 0. The van der Waals surface area contributed by atoms with Crippen molar-refractivity contribution >= 4 is 12.6 Å². The monoisotopic (exact) mass is 398 g/mol. The number of carbonyl (C=O) groups is 2. The van der Waals surface area contributed by atoms with Crippen molar-refractivity contribution in [3.63, 3.8) is 0 Å². The first-order valence-corrected chi connectivity index (χ1v) is 12.1. The first-order valence-electron chi connectivity index (χ1n) is 12.1. The summed E-state index contributed by atoms with van der Waals surface area (Å²) < 4.78 is 0. The van der Waals surface area contributed by atoms with Crippen LogP contribution >= 0.6 is 0 Å². The van der Waals surface area contributed by atoms with Gasteiger partial charge in [0.1, 0.15) is 12.6 Å². The van der Waals surface area contributed by atoms with Crippen LogP contribution in [0.2, 0.25) is 0 Å². The van der Waals surface area contributed by atoms with E-state index in [0.717, 1.165) is 31.8 Å². The van der Waals surface area contributed by atoms with Gasteiger partial charge in [0.15, 0.2) is 0 Å². The molecule has 0 saturated carbocycles. The zero-order valence-corrected chi connectivity index (χ0v) is 20.6. The van der Waals surface area contributed by atoms with Gasteiger partial charge in [-0.3, -0.25) is 0 Å². The van der Waals surface area contributed by atoms with Crippen molar-refractivity contribution in [1.29, 1.82) is 0 Å². The van der Waals surface area contributed by atoms with Crippen molar-refractivity contribution < 1.29 is 9.59 Å². The molecule has 0 bridgehead atoms. The number of rotatable bonds is 14. The summed E-state index contributed by atoms with van der Waals surface area (Å²) in [5.74, 6) is 0.273.